The van der Waals surface area contributed by atoms with Gasteiger partial charge in [0.25, 0.3) is 0 Å². The summed E-state index contributed by atoms with van der Waals surface area (Å²) in [6, 6.07) is 5.67. The molecule has 0 unspecified atom stereocenters. The van der Waals surface area contributed by atoms with Gasteiger partial charge in [-0.2, -0.15) is 13.2 Å². The number of unbranched alkanes of at least 4 members (excludes halogenated alkanes) is 4. The highest BCUT2D eigenvalue weighted by Gasteiger charge is 2.30. The number of aryl methyl sites for hydroxylation is 1. The van der Waals surface area contributed by atoms with Crippen molar-refractivity contribution >= 4 is 10.5 Å². The van der Waals surface area contributed by atoms with E-state index < -0.39 is 11.7 Å². The van der Waals surface area contributed by atoms with Crippen molar-refractivity contribution in [3.63, 3.8) is 0 Å². The summed E-state index contributed by atoms with van der Waals surface area (Å²) in [4.78, 5) is 0. The molecule has 0 aromatic heterocycles. The molecule has 0 N–H and O–H groups in total. The minimum atomic E-state index is -4.24. The van der Waals surface area contributed by atoms with Crippen molar-refractivity contribution in [1.29, 1.82) is 0 Å². The Morgan fingerprint density at radius 1 is 1.00 bits per heavy atom. The molecule has 0 atom stereocenters. The third kappa shape index (κ3) is 7.45. The van der Waals surface area contributed by atoms with Gasteiger partial charge in [0.2, 0.25) is 0 Å². The highest BCUT2D eigenvalue weighted by molar-refractivity contribution is 5.98. The standard InChI is InChI=1S/C17H27F3OSi/c1-16(2,21-22)12-7-5-3-4-6-9-14-10-8-11-15(13-14)17(18,19)20/h8,10-11,13H,3-7,9,12H2,1-2,22H3. The monoisotopic (exact) mass is 332 g/mol. The third-order valence-corrected chi connectivity index (χ3v) is 5.16. The summed E-state index contributed by atoms with van der Waals surface area (Å²) in [7, 11) is 0.769. The highest BCUT2D eigenvalue weighted by Crippen LogP contribution is 2.29. The molecule has 0 saturated carbocycles. The zero-order valence-corrected chi connectivity index (χ0v) is 15.8. The first kappa shape index (κ1) is 19.2. The maximum atomic E-state index is 12.6. The minimum Gasteiger partial charge on any atom is -0.423 e. The lowest BCUT2D eigenvalue weighted by Crippen LogP contribution is -2.22. The summed E-state index contributed by atoms with van der Waals surface area (Å²) < 4.78 is 43.3. The Balaban J connectivity index is 2.20. The smallest absolute Gasteiger partial charge is 0.416 e. The summed E-state index contributed by atoms with van der Waals surface area (Å²) in [5.41, 5.74) is 0.236. The van der Waals surface area contributed by atoms with Crippen LogP contribution in [-0.2, 0) is 17.0 Å². The molecular weight excluding hydrogens is 305 g/mol. The van der Waals surface area contributed by atoms with E-state index in [2.05, 4.69) is 13.8 Å². The molecule has 0 heterocycles. The van der Waals surface area contributed by atoms with E-state index in [4.69, 9.17) is 4.43 Å². The van der Waals surface area contributed by atoms with Crippen LogP contribution in [-0.4, -0.2) is 16.1 Å². The maximum absolute atomic E-state index is 12.6. The topological polar surface area (TPSA) is 9.23 Å². The van der Waals surface area contributed by atoms with Crippen LogP contribution >= 0.6 is 0 Å². The molecule has 0 saturated heterocycles. The lowest BCUT2D eigenvalue weighted by molar-refractivity contribution is -0.137. The molecule has 0 aliphatic rings. The lowest BCUT2D eigenvalue weighted by Gasteiger charge is -2.23. The highest BCUT2D eigenvalue weighted by atomic mass is 28.2. The Kier molecular flexibility index (Phi) is 7.63. The molecule has 0 spiro atoms. The second kappa shape index (κ2) is 8.72. The second-order valence-electron chi connectivity index (χ2n) is 6.43. The predicted octanol–water partition coefficient (Wildman–Crippen LogP) is 4.66. The number of hydrogen-bond donors (Lipinski definition) is 0. The molecular formula is C17H27F3OSi. The minimum absolute atomic E-state index is 0.00422. The Bertz CT molecular complexity index is 444. The number of benzene rings is 1. The average molecular weight is 332 g/mol. The summed E-state index contributed by atoms with van der Waals surface area (Å²) in [6.07, 6.45) is 3.02. The van der Waals surface area contributed by atoms with Crippen molar-refractivity contribution in [2.45, 2.75) is 70.6 Å². The molecule has 0 aliphatic carbocycles. The maximum Gasteiger partial charge on any atom is 0.416 e. The summed E-state index contributed by atoms with van der Waals surface area (Å²) in [5.74, 6) is 0. The molecule has 0 aliphatic heterocycles. The first-order chi connectivity index (χ1) is 10.2. The van der Waals surface area contributed by atoms with Gasteiger partial charge in [0, 0.05) is 5.60 Å². The first-order valence-corrected chi connectivity index (χ1v) is 8.77. The van der Waals surface area contributed by atoms with E-state index in [1.54, 1.807) is 6.07 Å². The summed E-state index contributed by atoms with van der Waals surface area (Å²) >= 11 is 0. The van der Waals surface area contributed by atoms with Crippen LogP contribution in [0, 0.1) is 0 Å². The van der Waals surface area contributed by atoms with E-state index in [0.29, 0.717) is 0 Å². The van der Waals surface area contributed by atoms with Gasteiger partial charge in [-0.1, -0.05) is 43.9 Å². The fourth-order valence-corrected chi connectivity index (χ4v) is 2.62. The molecule has 1 rings (SSSR count). The van der Waals surface area contributed by atoms with E-state index in [1.165, 1.54) is 12.1 Å². The van der Waals surface area contributed by atoms with Crippen molar-refractivity contribution in [3.8, 4) is 0 Å². The Morgan fingerprint density at radius 2 is 1.64 bits per heavy atom. The van der Waals surface area contributed by atoms with Crippen molar-refractivity contribution < 1.29 is 17.6 Å². The molecule has 0 bridgehead atoms. The van der Waals surface area contributed by atoms with Crippen LogP contribution in [0.2, 0.25) is 0 Å². The van der Waals surface area contributed by atoms with Gasteiger partial charge in [-0.3, -0.25) is 0 Å². The SMILES string of the molecule is CC(C)(CCCCCCCc1cccc(C(F)(F)F)c1)O[SiH3]. The first-order valence-electron chi connectivity index (χ1n) is 7.96. The Labute approximate surface area is 134 Å². The van der Waals surface area contributed by atoms with Crippen molar-refractivity contribution in [2.75, 3.05) is 0 Å². The second-order valence-corrected chi connectivity index (χ2v) is 6.84. The Morgan fingerprint density at radius 3 is 2.27 bits per heavy atom. The number of rotatable bonds is 9. The van der Waals surface area contributed by atoms with Gasteiger partial charge in [-0.25, -0.2) is 0 Å². The van der Waals surface area contributed by atoms with E-state index in [-0.39, 0.29) is 5.60 Å². The lowest BCUT2D eigenvalue weighted by atomic mass is 9.99. The summed E-state index contributed by atoms with van der Waals surface area (Å²) in [5, 5.41) is 0. The zero-order valence-electron chi connectivity index (χ0n) is 13.8. The fraction of sp³-hybridized carbons (Fsp3) is 0.647. The van der Waals surface area contributed by atoms with Gasteiger partial charge in [-0.05, 0) is 44.7 Å². The van der Waals surface area contributed by atoms with Crippen molar-refractivity contribution in [3.05, 3.63) is 35.4 Å². The summed E-state index contributed by atoms with van der Waals surface area (Å²) in [6.45, 7) is 4.24. The van der Waals surface area contributed by atoms with Gasteiger partial charge in [0.1, 0.15) is 10.5 Å². The van der Waals surface area contributed by atoms with E-state index in [0.717, 1.165) is 67.1 Å². The van der Waals surface area contributed by atoms with E-state index >= 15 is 0 Å². The zero-order chi connectivity index (χ0) is 16.6. The molecule has 1 aromatic rings. The van der Waals surface area contributed by atoms with Crippen LogP contribution in [0.15, 0.2) is 24.3 Å². The number of hydrogen-bond acceptors (Lipinski definition) is 1. The molecule has 5 heteroatoms. The average Bonchev–Trinajstić information content (AvgIpc) is 2.45. The van der Waals surface area contributed by atoms with Crippen molar-refractivity contribution in [1.82, 2.24) is 0 Å². The van der Waals surface area contributed by atoms with Gasteiger partial charge in [-0.15, -0.1) is 0 Å². The molecule has 0 fully saturated rings. The normalized spacial score (nSPS) is 12.8. The van der Waals surface area contributed by atoms with E-state index in [1.807, 2.05) is 0 Å². The molecule has 0 amide bonds. The van der Waals surface area contributed by atoms with Gasteiger partial charge in [0.05, 0.1) is 5.56 Å². The molecule has 1 aromatic carbocycles. The van der Waals surface area contributed by atoms with Crippen LogP contribution in [0.5, 0.6) is 0 Å². The fourth-order valence-electron chi connectivity index (χ4n) is 2.42. The Hall–Kier alpha value is -0.813. The van der Waals surface area contributed by atoms with Crippen LogP contribution in [0.25, 0.3) is 0 Å². The number of alkyl halides is 3. The predicted molar refractivity (Wildman–Crippen MR) is 88.0 cm³/mol. The van der Waals surface area contributed by atoms with Crippen LogP contribution in [0.3, 0.4) is 0 Å². The van der Waals surface area contributed by atoms with Crippen LogP contribution in [0.1, 0.15) is 63.5 Å². The molecule has 22 heavy (non-hydrogen) atoms. The van der Waals surface area contributed by atoms with Crippen LogP contribution < -0.4 is 0 Å². The largest absolute Gasteiger partial charge is 0.423 e. The van der Waals surface area contributed by atoms with Gasteiger partial charge < -0.3 is 4.43 Å². The molecule has 0 radical (unpaired) electrons. The van der Waals surface area contributed by atoms with Crippen LogP contribution in [0.4, 0.5) is 13.2 Å². The molecule has 1 nitrogen and oxygen atoms in total. The van der Waals surface area contributed by atoms with Crippen molar-refractivity contribution in [2.24, 2.45) is 0 Å². The third-order valence-electron chi connectivity index (χ3n) is 4.05. The number of halogens is 3. The quantitative estimate of drug-likeness (QED) is 0.472. The molecule has 126 valence electrons. The van der Waals surface area contributed by atoms with E-state index in [9.17, 15) is 13.2 Å². The van der Waals surface area contributed by atoms with Gasteiger partial charge >= 0.3 is 6.18 Å². The van der Waals surface area contributed by atoms with Gasteiger partial charge in [0.15, 0.2) is 0 Å².